The van der Waals surface area contributed by atoms with Crippen LogP contribution in [-0.4, -0.2) is 24.0 Å². The van der Waals surface area contributed by atoms with Gasteiger partial charge in [0.15, 0.2) is 0 Å². The van der Waals surface area contributed by atoms with E-state index in [0.717, 1.165) is 15.6 Å². The van der Waals surface area contributed by atoms with Gasteiger partial charge in [0, 0.05) is 35.1 Å². The second kappa shape index (κ2) is 5.59. The van der Waals surface area contributed by atoms with Crippen LogP contribution in [0, 0.1) is 19.8 Å². The maximum atomic E-state index is 12.0. The topological polar surface area (TPSA) is 82.0 Å². The summed E-state index contributed by atoms with van der Waals surface area (Å²) in [5.41, 5.74) is 10.4. The van der Waals surface area contributed by atoms with Crippen molar-refractivity contribution >= 4 is 27.7 Å². The molecule has 100 valence electrons. The van der Waals surface area contributed by atoms with Crippen LogP contribution in [0.2, 0.25) is 0 Å². The van der Waals surface area contributed by atoms with Crippen molar-refractivity contribution in [3.63, 3.8) is 0 Å². The monoisotopic (exact) mass is 323 g/mol. The Bertz CT molecular complexity index is 567. The molecule has 2 heterocycles. The molecule has 0 N–H and O–H groups in total. The third kappa shape index (κ3) is 2.72. The van der Waals surface area contributed by atoms with Crippen molar-refractivity contribution in [1.29, 1.82) is 0 Å². The number of halogens is 1. The van der Waals surface area contributed by atoms with Crippen molar-refractivity contribution in [2.24, 2.45) is 11.0 Å². The van der Waals surface area contributed by atoms with Gasteiger partial charge in [-0.15, -0.1) is 0 Å². The fourth-order valence-corrected chi connectivity index (χ4v) is 2.59. The van der Waals surface area contributed by atoms with Crippen LogP contribution < -0.4 is 4.90 Å². The number of carbonyl (C=O) groups is 1. The number of anilines is 1. The lowest BCUT2D eigenvalue weighted by Gasteiger charge is -2.19. The summed E-state index contributed by atoms with van der Waals surface area (Å²) in [4.78, 5) is 20.8. The smallest absolute Gasteiger partial charge is 0.228 e. The average Bonchev–Trinajstić information content (AvgIpc) is 2.75. The van der Waals surface area contributed by atoms with Crippen LogP contribution >= 0.6 is 15.9 Å². The highest BCUT2D eigenvalue weighted by Crippen LogP contribution is 2.30. The molecule has 6 nitrogen and oxygen atoms in total. The first-order chi connectivity index (χ1) is 9.04. The summed E-state index contributed by atoms with van der Waals surface area (Å²) in [5.74, 6) is 0.818. The van der Waals surface area contributed by atoms with Gasteiger partial charge in [-0.05, 0) is 52.4 Å². The van der Waals surface area contributed by atoms with Crippen molar-refractivity contribution < 1.29 is 4.79 Å². The van der Waals surface area contributed by atoms with E-state index in [2.05, 4.69) is 30.9 Å². The van der Waals surface area contributed by atoms with Gasteiger partial charge in [-0.1, -0.05) is 5.11 Å². The fraction of sp³-hybridized carbons (Fsp3) is 0.500. The number of azide groups is 1. The lowest BCUT2D eigenvalue weighted by atomic mass is 10.1. The highest BCUT2D eigenvalue weighted by Gasteiger charge is 2.32. The second-order valence-corrected chi connectivity index (χ2v) is 5.52. The Balaban J connectivity index is 2.26. The maximum absolute atomic E-state index is 12.0. The zero-order valence-electron chi connectivity index (χ0n) is 10.8. The zero-order valence-corrected chi connectivity index (χ0v) is 12.4. The van der Waals surface area contributed by atoms with E-state index in [1.165, 1.54) is 0 Å². The van der Waals surface area contributed by atoms with Crippen LogP contribution in [0.4, 0.5) is 5.82 Å². The Morgan fingerprint density at radius 2 is 2.32 bits per heavy atom. The van der Waals surface area contributed by atoms with Crippen LogP contribution in [0.1, 0.15) is 17.5 Å². The molecule has 7 heteroatoms. The molecule has 19 heavy (non-hydrogen) atoms. The van der Waals surface area contributed by atoms with Crippen LogP contribution in [0.15, 0.2) is 15.8 Å². The number of rotatable bonds is 3. The molecule has 1 aromatic rings. The minimum atomic E-state index is 0.0375. The second-order valence-electron chi connectivity index (χ2n) is 4.67. The third-order valence-electron chi connectivity index (χ3n) is 3.42. The highest BCUT2D eigenvalue weighted by atomic mass is 79.9. The molecule has 0 saturated carbocycles. The average molecular weight is 324 g/mol. The summed E-state index contributed by atoms with van der Waals surface area (Å²) in [6, 6.07) is 0. The Morgan fingerprint density at radius 3 is 3.00 bits per heavy atom. The predicted molar refractivity (Wildman–Crippen MR) is 75.9 cm³/mol. The molecule has 2 rings (SSSR count). The number of nitrogens with zero attached hydrogens (tertiary/aromatic N) is 5. The molecule has 0 spiro atoms. The van der Waals surface area contributed by atoms with Crippen molar-refractivity contribution in [2.75, 3.05) is 18.0 Å². The lowest BCUT2D eigenvalue weighted by molar-refractivity contribution is -0.117. The van der Waals surface area contributed by atoms with Crippen molar-refractivity contribution in [3.8, 4) is 0 Å². The number of pyridine rings is 1. The van der Waals surface area contributed by atoms with Crippen molar-refractivity contribution in [1.82, 2.24) is 4.98 Å². The van der Waals surface area contributed by atoms with Crippen molar-refractivity contribution in [3.05, 3.63) is 32.2 Å². The van der Waals surface area contributed by atoms with Gasteiger partial charge < -0.3 is 0 Å². The third-order valence-corrected chi connectivity index (χ3v) is 4.22. The standard InChI is InChI=1S/C12H14BrN5O/c1-7-8(2)12(15-5-10(7)13)18-6-9(3-11(18)19)4-16-17-14/h5,9H,3-4,6H2,1-2H3. The molecule has 0 aliphatic carbocycles. The number of carbonyl (C=O) groups excluding carboxylic acids is 1. The van der Waals surface area contributed by atoms with Crippen LogP contribution in [0.5, 0.6) is 0 Å². The molecule has 1 unspecified atom stereocenters. The largest absolute Gasteiger partial charge is 0.296 e. The van der Waals surface area contributed by atoms with E-state index in [-0.39, 0.29) is 11.8 Å². The zero-order chi connectivity index (χ0) is 14.0. The van der Waals surface area contributed by atoms with E-state index in [4.69, 9.17) is 5.53 Å². The first-order valence-electron chi connectivity index (χ1n) is 5.97. The van der Waals surface area contributed by atoms with Crippen molar-refractivity contribution in [2.45, 2.75) is 20.3 Å². The summed E-state index contributed by atoms with van der Waals surface area (Å²) in [6.45, 7) is 4.86. The molecular weight excluding hydrogens is 310 g/mol. The molecule has 0 radical (unpaired) electrons. The van der Waals surface area contributed by atoms with E-state index in [0.29, 0.717) is 25.3 Å². The summed E-state index contributed by atoms with van der Waals surface area (Å²) in [5, 5.41) is 3.54. The normalized spacial score (nSPS) is 18.6. The maximum Gasteiger partial charge on any atom is 0.228 e. The van der Waals surface area contributed by atoms with Gasteiger partial charge in [0.2, 0.25) is 5.91 Å². The minimum Gasteiger partial charge on any atom is -0.296 e. The van der Waals surface area contributed by atoms with E-state index < -0.39 is 0 Å². The number of aromatic nitrogens is 1. The van der Waals surface area contributed by atoms with Gasteiger partial charge in [0.1, 0.15) is 5.82 Å². The minimum absolute atomic E-state index is 0.0375. The van der Waals surface area contributed by atoms with Gasteiger partial charge in [-0.2, -0.15) is 0 Å². The molecule has 0 aromatic carbocycles. The Kier molecular flexibility index (Phi) is 4.07. The van der Waals surface area contributed by atoms with Gasteiger partial charge in [-0.3, -0.25) is 9.69 Å². The molecule has 0 bridgehead atoms. The molecular formula is C12H14BrN5O. The Labute approximate surface area is 119 Å². The summed E-state index contributed by atoms with van der Waals surface area (Å²) >= 11 is 3.43. The van der Waals surface area contributed by atoms with E-state index in [9.17, 15) is 4.79 Å². The molecule has 1 amide bonds. The predicted octanol–water partition coefficient (Wildman–Crippen LogP) is 3.12. The Morgan fingerprint density at radius 1 is 1.58 bits per heavy atom. The fourth-order valence-electron chi connectivity index (χ4n) is 2.19. The summed E-state index contributed by atoms with van der Waals surface area (Å²) < 4.78 is 0.936. The van der Waals surface area contributed by atoms with Crippen LogP contribution in [0.25, 0.3) is 10.4 Å². The van der Waals surface area contributed by atoms with E-state index >= 15 is 0 Å². The molecule has 1 atom stereocenters. The number of amides is 1. The number of hydrogen-bond donors (Lipinski definition) is 0. The summed E-state index contributed by atoms with van der Waals surface area (Å²) in [6.07, 6.45) is 2.13. The molecule has 1 fully saturated rings. The van der Waals surface area contributed by atoms with Gasteiger partial charge in [-0.25, -0.2) is 4.98 Å². The molecule has 1 aliphatic rings. The first kappa shape index (κ1) is 13.8. The highest BCUT2D eigenvalue weighted by molar-refractivity contribution is 9.10. The van der Waals surface area contributed by atoms with E-state index in [1.807, 2.05) is 13.8 Å². The first-order valence-corrected chi connectivity index (χ1v) is 6.76. The van der Waals surface area contributed by atoms with Gasteiger partial charge in [0.05, 0.1) is 0 Å². The SMILES string of the molecule is Cc1c(Br)cnc(N2CC(CN=[N+]=[N-])CC2=O)c1C. The lowest BCUT2D eigenvalue weighted by Crippen LogP contribution is -2.27. The quantitative estimate of drug-likeness (QED) is 0.486. The number of hydrogen-bond acceptors (Lipinski definition) is 3. The van der Waals surface area contributed by atoms with Gasteiger partial charge >= 0.3 is 0 Å². The molecule has 1 saturated heterocycles. The molecule has 1 aliphatic heterocycles. The molecule has 1 aromatic heterocycles. The summed E-state index contributed by atoms with van der Waals surface area (Å²) in [7, 11) is 0. The van der Waals surface area contributed by atoms with E-state index in [1.54, 1.807) is 11.1 Å². The Hall–Kier alpha value is -1.59. The van der Waals surface area contributed by atoms with Crippen LogP contribution in [-0.2, 0) is 4.79 Å². The van der Waals surface area contributed by atoms with Crippen LogP contribution in [0.3, 0.4) is 0 Å². The van der Waals surface area contributed by atoms with Gasteiger partial charge in [0.25, 0.3) is 0 Å².